The molecule has 2 aromatic rings. The van der Waals surface area contributed by atoms with Crippen molar-refractivity contribution in [1.29, 1.82) is 0 Å². The molecule has 1 aromatic heterocycles. The van der Waals surface area contributed by atoms with E-state index in [1.54, 1.807) is 31.6 Å². The summed E-state index contributed by atoms with van der Waals surface area (Å²) in [5.41, 5.74) is 1.72. The van der Waals surface area contributed by atoms with E-state index in [0.29, 0.717) is 18.2 Å². The smallest absolute Gasteiger partial charge is 0.243 e. The van der Waals surface area contributed by atoms with Crippen molar-refractivity contribution in [2.75, 3.05) is 38.5 Å². The third kappa shape index (κ3) is 7.03. The van der Waals surface area contributed by atoms with E-state index < -0.39 is 0 Å². The van der Waals surface area contributed by atoms with Crippen LogP contribution in [-0.4, -0.2) is 55.0 Å². The molecule has 0 aliphatic rings. The predicted molar refractivity (Wildman–Crippen MR) is 119 cm³/mol. The summed E-state index contributed by atoms with van der Waals surface area (Å²) in [6.45, 7) is 6.75. The topological polar surface area (TPSA) is 81.6 Å². The minimum Gasteiger partial charge on any atom is -0.354 e. The number of anilines is 1. The Balaban J connectivity index is 1.95. The predicted octanol–water partition coefficient (Wildman–Crippen LogP) is 2.92. The van der Waals surface area contributed by atoms with Gasteiger partial charge in [-0.3, -0.25) is 19.7 Å². The summed E-state index contributed by atoms with van der Waals surface area (Å²) in [7, 11) is 1.68. The molecule has 0 fully saturated rings. The molecule has 0 spiro atoms. The fourth-order valence-electron chi connectivity index (χ4n) is 3.07. The van der Waals surface area contributed by atoms with Gasteiger partial charge in [-0.2, -0.15) is 0 Å². The molecule has 0 saturated heterocycles. The van der Waals surface area contributed by atoms with Crippen LogP contribution in [0.25, 0.3) is 0 Å². The van der Waals surface area contributed by atoms with Gasteiger partial charge in [0.2, 0.25) is 5.91 Å². The number of nitrogens with one attached hydrogen (secondary N) is 3. The summed E-state index contributed by atoms with van der Waals surface area (Å²) in [6.07, 6.45) is 3.26. The quantitative estimate of drug-likeness (QED) is 0.432. The van der Waals surface area contributed by atoms with E-state index in [1.165, 1.54) is 0 Å². The summed E-state index contributed by atoms with van der Waals surface area (Å²) >= 11 is 6.45. The molecule has 1 heterocycles. The van der Waals surface area contributed by atoms with E-state index in [4.69, 9.17) is 11.6 Å². The number of benzene rings is 1. The monoisotopic (exact) mass is 416 g/mol. The summed E-state index contributed by atoms with van der Waals surface area (Å²) in [6, 6.07) is 11.5. The van der Waals surface area contributed by atoms with Gasteiger partial charge in [0.05, 0.1) is 24.5 Å². The zero-order valence-electron chi connectivity index (χ0n) is 17.2. The molecule has 156 valence electrons. The number of likely N-dealkylation sites (N-methyl/N-ethyl adjacent to an activating group) is 1. The van der Waals surface area contributed by atoms with Gasteiger partial charge < -0.3 is 16.0 Å². The van der Waals surface area contributed by atoms with Crippen LogP contribution in [0.3, 0.4) is 0 Å². The highest BCUT2D eigenvalue weighted by Gasteiger charge is 2.20. The van der Waals surface area contributed by atoms with Gasteiger partial charge in [-0.15, -0.1) is 0 Å². The standard InChI is InChI=1S/C21H29ClN6O/c1-4-28(5-2)19(17-10-6-7-11-18(17)22)14-25-21(23-3)26-15-20(29)27-16-9-8-12-24-13-16/h6-13,19H,4-5,14-15H2,1-3H3,(H,27,29)(H2,23,25,26). The number of carbonyl (C=O) groups excluding carboxylic acids is 1. The molecule has 3 N–H and O–H groups in total. The number of aliphatic imine (C=N–C) groups is 1. The maximum atomic E-state index is 12.1. The Morgan fingerprint density at radius 1 is 1.17 bits per heavy atom. The molecule has 7 nitrogen and oxygen atoms in total. The highest BCUT2D eigenvalue weighted by atomic mass is 35.5. The number of guanidine groups is 1. The second kappa shape index (κ2) is 12.0. The summed E-state index contributed by atoms with van der Waals surface area (Å²) in [5.74, 6) is 0.378. The molecule has 0 aliphatic carbocycles. The van der Waals surface area contributed by atoms with E-state index in [9.17, 15) is 4.79 Å². The van der Waals surface area contributed by atoms with Gasteiger partial charge in [-0.1, -0.05) is 43.6 Å². The second-order valence-corrected chi connectivity index (χ2v) is 6.76. The van der Waals surface area contributed by atoms with Crippen molar-refractivity contribution in [3.8, 4) is 0 Å². The molecule has 2 rings (SSSR count). The number of amides is 1. The Morgan fingerprint density at radius 3 is 2.55 bits per heavy atom. The lowest BCUT2D eigenvalue weighted by Gasteiger charge is -2.31. The van der Waals surface area contributed by atoms with Gasteiger partial charge in [0.25, 0.3) is 0 Å². The second-order valence-electron chi connectivity index (χ2n) is 6.36. The van der Waals surface area contributed by atoms with E-state index in [0.717, 1.165) is 23.7 Å². The maximum Gasteiger partial charge on any atom is 0.243 e. The summed E-state index contributed by atoms with van der Waals surface area (Å²) in [4.78, 5) is 22.7. The van der Waals surface area contributed by atoms with Gasteiger partial charge in [-0.25, -0.2) is 0 Å². The Kier molecular flexibility index (Phi) is 9.40. The molecule has 1 unspecified atom stereocenters. The van der Waals surface area contributed by atoms with E-state index in [1.807, 2.05) is 24.3 Å². The summed E-state index contributed by atoms with van der Waals surface area (Å²) < 4.78 is 0. The van der Waals surface area contributed by atoms with E-state index >= 15 is 0 Å². The Hall–Kier alpha value is -2.64. The lowest BCUT2D eigenvalue weighted by molar-refractivity contribution is -0.115. The van der Waals surface area contributed by atoms with Crippen molar-refractivity contribution in [3.63, 3.8) is 0 Å². The first-order valence-corrected chi connectivity index (χ1v) is 10.1. The van der Waals surface area contributed by atoms with Crippen molar-refractivity contribution in [2.45, 2.75) is 19.9 Å². The Bertz CT molecular complexity index is 795. The van der Waals surface area contributed by atoms with E-state index in [-0.39, 0.29) is 18.5 Å². The fourth-order valence-corrected chi connectivity index (χ4v) is 3.33. The molecule has 8 heteroatoms. The fraction of sp³-hybridized carbons (Fsp3) is 0.381. The van der Waals surface area contributed by atoms with Gasteiger partial charge in [0.1, 0.15) is 0 Å². The lowest BCUT2D eigenvalue weighted by atomic mass is 10.0. The average Bonchev–Trinajstić information content (AvgIpc) is 2.74. The third-order valence-corrected chi connectivity index (χ3v) is 4.91. The minimum atomic E-state index is -0.174. The first-order chi connectivity index (χ1) is 14.1. The molecule has 29 heavy (non-hydrogen) atoms. The molecule has 0 aliphatic heterocycles. The Labute approximate surface area is 177 Å². The van der Waals surface area contributed by atoms with Crippen molar-refractivity contribution in [3.05, 3.63) is 59.4 Å². The zero-order valence-corrected chi connectivity index (χ0v) is 17.9. The molecule has 1 amide bonds. The van der Waals surface area contributed by atoms with Gasteiger partial charge >= 0.3 is 0 Å². The number of hydrogen-bond donors (Lipinski definition) is 3. The lowest BCUT2D eigenvalue weighted by Crippen LogP contribution is -2.45. The number of hydrogen-bond acceptors (Lipinski definition) is 4. The first-order valence-electron chi connectivity index (χ1n) is 9.71. The van der Waals surface area contributed by atoms with Crippen LogP contribution >= 0.6 is 11.6 Å². The van der Waals surface area contributed by atoms with Crippen molar-refractivity contribution >= 4 is 29.2 Å². The molecule has 1 atom stereocenters. The molecule has 0 saturated carbocycles. The normalized spacial score (nSPS) is 12.5. The number of aromatic nitrogens is 1. The maximum absolute atomic E-state index is 12.1. The number of pyridine rings is 1. The van der Waals surface area contributed by atoms with Crippen LogP contribution in [-0.2, 0) is 4.79 Å². The van der Waals surface area contributed by atoms with Crippen LogP contribution in [0, 0.1) is 0 Å². The largest absolute Gasteiger partial charge is 0.354 e. The van der Waals surface area contributed by atoms with Crippen LogP contribution in [0.2, 0.25) is 5.02 Å². The zero-order chi connectivity index (χ0) is 21.1. The molecule has 1 aromatic carbocycles. The molecule has 0 radical (unpaired) electrons. The van der Waals surface area contributed by atoms with Crippen LogP contribution in [0.1, 0.15) is 25.5 Å². The van der Waals surface area contributed by atoms with Gasteiger partial charge in [-0.05, 0) is 36.9 Å². The van der Waals surface area contributed by atoms with Crippen LogP contribution in [0.15, 0.2) is 53.8 Å². The van der Waals surface area contributed by atoms with Crippen LogP contribution in [0.4, 0.5) is 5.69 Å². The highest BCUT2D eigenvalue weighted by molar-refractivity contribution is 6.31. The number of carbonyl (C=O) groups is 1. The first kappa shape index (κ1) is 22.6. The molecular formula is C21H29ClN6O. The number of nitrogens with zero attached hydrogens (tertiary/aromatic N) is 3. The highest BCUT2D eigenvalue weighted by Crippen LogP contribution is 2.26. The number of rotatable bonds is 9. The average molecular weight is 417 g/mol. The van der Waals surface area contributed by atoms with Crippen molar-refractivity contribution < 1.29 is 4.79 Å². The van der Waals surface area contributed by atoms with Crippen molar-refractivity contribution in [2.24, 2.45) is 4.99 Å². The molecule has 0 bridgehead atoms. The number of halogens is 1. The third-order valence-electron chi connectivity index (χ3n) is 4.57. The Morgan fingerprint density at radius 2 is 1.93 bits per heavy atom. The van der Waals surface area contributed by atoms with Gasteiger partial charge in [0.15, 0.2) is 5.96 Å². The minimum absolute atomic E-state index is 0.0847. The van der Waals surface area contributed by atoms with Crippen LogP contribution in [0.5, 0.6) is 0 Å². The van der Waals surface area contributed by atoms with E-state index in [2.05, 4.69) is 44.7 Å². The summed E-state index contributed by atoms with van der Waals surface area (Å²) in [5, 5.41) is 9.87. The van der Waals surface area contributed by atoms with Crippen LogP contribution < -0.4 is 16.0 Å². The van der Waals surface area contributed by atoms with Crippen molar-refractivity contribution in [1.82, 2.24) is 20.5 Å². The molecular weight excluding hydrogens is 388 g/mol. The SMILES string of the molecule is CCN(CC)C(CNC(=NC)NCC(=O)Nc1cccnc1)c1ccccc1Cl. The van der Waals surface area contributed by atoms with Gasteiger partial charge in [0, 0.05) is 24.8 Å².